The van der Waals surface area contributed by atoms with Crippen LogP contribution in [-0.4, -0.2) is 23.1 Å². The van der Waals surface area contributed by atoms with E-state index in [2.05, 4.69) is 10.2 Å². The standard InChI is InChI=1S/C16H12N2O3/c1-20-13-9-7-12(8-10-13)15-17-18-16(21-15)14(19)11-5-3-2-4-6-11/h2-10H,1H3. The molecule has 104 valence electrons. The van der Waals surface area contributed by atoms with E-state index in [4.69, 9.17) is 9.15 Å². The summed E-state index contributed by atoms with van der Waals surface area (Å²) < 4.78 is 10.5. The third-order valence-electron chi connectivity index (χ3n) is 2.99. The lowest BCUT2D eigenvalue weighted by molar-refractivity contribution is 0.100. The Morgan fingerprint density at radius 2 is 1.71 bits per heavy atom. The second-order valence-corrected chi connectivity index (χ2v) is 4.34. The van der Waals surface area contributed by atoms with Crippen LogP contribution in [0.2, 0.25) is 0 Å². The highest BCUT2D eigenvalue weighted by atomic mass is 16.5. The Kier molecular flexibility index (Phi) is 3.47. The maximum Gasteiger partial charge on any atom is 0.289 e. The Morgan fingerprint density at radius 3 is 2.38 bits per heavy atom. The molecule has 0 saturated carbocycles. The molecule has 21 heavy (non-hydrogen) atoms. The van der Waals surface area contributed by atoms with E-state index in [-0.39, 0.29) is 11.7 Å². The second kappa shape index (κ2) is 5.58. The summed E-state index contributed by atoms with van der Waals surface area (Å²) >= 11 is 0. The van der Waals surface area contributed by atoms with Gasteiger partial charge in [-0.2, -0.15) is 0 Å². The molecule has 1 heterocycles. The fourth-order valence-electron chi connectivity index (χ4n) is 1.88. The largest absolute Gasteiger partial charge is 0.497 e. The van der Waals surface area contributed by atoms with Crippen LogP contribution in [0.3, 0.4) is 0 Å². The van der Waals surface area contributed by atoms with Gasteiger partial charge in [-0.15, -0.1) is 10.2 Å². The smallest absolute Gasteiger partial charge is 0.289 e. The second-order valence-electron chi connectivity index (χ2n) is 4.34. The number of aromatic nitrogens is 2. The van der Waals surface area contributed by atoms with Gasteiger partial charge in [0.05, 0.1) is 7.11 Å². The van der Waals surface area contributed by atoms with Crippen LogP contribution < -0.4 is 4.74 Å². The van der Waals surface area contributed by atoms with Crippen molar-refractivity contribution < 1.29 is 13.9 Å². The van der Waals surface area contributed by atoms with Gasteiger partial charge in [0.2, 0.25) is 11.7 Å². The van der Waals surface area contributed by atoms with E-state index in [9.17, 15) is 4.79 Å². The predicted molar refractivity (Wildman–Crippen MR) is 76.2 cm³/mol. The van der Waals surface area contributed by atoms with Crippen LogP contribution in [0, 0.1) is 0 Å². The number of methoxy groups -OCH3 is 1. The summed E-state index contributed by atoms with van der Waals surface area (Å²) in [7, 11) is 1.60. The van der Waals surface area contributed by atoms with Crippen molar-refractivity contribution in [1.29, 1.82) is 0 Å². The number of nitrogens with zero attached hydrogens (tertiary/aromatic N) is 2. The van der Waals surface area contributed by atoms with Gasteiger partial charge < -0.3 is 9.15 Å². The minimum absolute atomic E-state index is 0.0213. The number of hydrogen-bond donors (Lipinski definition) is 0. The first-order chi connectivity index (χ1) is 10.3. The van der Waals surface area contributed by atoms with Gasteiger partial charge in [0, 0.05) is 11.1 Å². The van der Waals surface area contributed by atoms with E-state index in [1.807, 2.05) is 6.07 Å². The Bertz CT molecular complexity index is 749. The first-order valence-electron chi connectivity index (χ1n) is 6.35. The van der Waals surface area contributed by atoms with Gasteiger partial charge in [-0.25, -0.2) is 0 Å². The molecule has 0 aliphatic rings. The maximum absolute atomic E-state index is 12.2. The first kappa shape index (κ1) is 13.1. The van der Waals surface area contributed by atoms with Gasteiger partial charge in [-0.05, 0) is 24.3 Å². The summed E-state index contributed by atoms with van der Waals surface area (Å²) in [5, 5.41) is 7.72. The zero-order chi connectivity index (χ0) is 14.7. The van der Waals surface area contributed by atoms with E-state index in [0.29, 0.717) is 11.5 Å². The fourth-order valence-corrected chi connectivity index (χ4v) is 1.88. The molecular weight excluding hydrogens is 268 g/mol. The maximum atomic E-state index is 12.2. The molecule has 0 aliphatic heterocycles. The molecular formula is C16H12N2O3. The van der Waals surface area contributed by atoms with Crippen molar-refractivity contribution in [3.8, 4) is 17.2 Å². The molecule has 5 nitrogen and oxygen atoms in total. The molecule has 3 aromatic rings. The minimum Gasteiger partial charge on any atom is -0.497 e. The van der Waals surface area contributed by atoms with Crippen molar-refractivity contribution in [3.05, 3.63) is 66.1 Å². The number of carbonyl (C=O) groups is 1. The minimum atomic E-state index is -0.289. The van der Waals surface area contributed by atoms with Gasteiger partial charge >= 0.3 is 0 Å². The first-order valence-corrected chi connectivity index (χ1v) is 6.35. The lowest BCUT2D eigenvalue weighted by Gasteiger charge is -1.99. The van der Waals surface area contributed by atoms with Crippen LogP contribution in [0.15, 0.2) is 59.0 Å². The molecule has 0 spiro atoms. The van der Waals surface area contributed by atoms with Crippen LogP contribution in [0.1, 0.15) is 16.2 Å². The van der Waals surface area contributed by atoms with E-state index in [1.165, 1.54) is 0 Å². The molecule has 0 aliphatic carbocycles. The number of ether oxygens (including phenoxy) is 1. The Morgan fingerprint density at radius 1 is 1.00 bits per heavy atom. The van der Waals surface area contributed by atoms with Crippen molar-refractivity contribution in [2.45, 2.75) is 0 Å². The number of benzene rings is 2. The quantitative estimate of drug-likeness (QED) is 0.687. The Hall–Kier alpha value is -2.95. The summed E-state index contributed by atoms with van der Waals surface area (Å²) in [6, 6.07) is 16.0. The molecule has 3 rings (SSSR count). The highest BCUT2D eigenvalue weighted by Crippen LogP contribution is 2.21. The monoisotopic (exact) mass is 280 g/mol. The average Bonchev–Trinajstić information content (AvgIpc) is 3.05. The van der Waals surface area contributed by atoms with Gasteiger partial charge in [0.1, 0.15) is 5.75 Å². The molecule has 1 aromatic heterocycles. The van der Waals surface area contributed by atoms with Gasteiger partial charge in [0.25, 0.3) is 5.89 Å². The van der Waals surface area contributed by atoms with Gasteiger partial charge in [-0.3, -0.25) is 4.79 Å². The highest BCUT2D eigenvalue weighted by molar-refractivity contribution is 6.05. The van der Waals surface area contributed by atoms with Crippen LogP contribution in [0.4, 0.5) is 0 Å². The normalized spacial score (nSPS) is 10.3. The van der Waals surface area contributed by atoms with E-state index >= 15 is 0 Å². The zero-order valence-electron chi connectivity index (χ0n) is 11.3. The van der Waals surface area contributed by atoms with Gasteiger partial charge in [-0.1, -0.05) is 30.3 Å². The topological polar surface area (TPSA) is 65.2 Å². The van der Waals surface area contributed by atoms with Crippen LogP contribution in [0.25, 0.3) is 11.5 Å². The summed E-state index contributed by atoms with van der Waals surface area (Å²) in [6.45, 7) is 0. The van der Waals surface area contributed by atoms with Crippen LogP contribution in [0.5, 0.6) is 5.75 Å². The van der Waals surface area contributed by atoms with Crippen molar-refractivity contribution in [3.63, 3.8) is 0 Å². The zero-order valence-corrected chi connectivity index (χ0v) is 11.3. The van der Waals surface area contributed by atoms with Crippen LogP contribution in [-0.2, 0) is 0 Å². The lowest BCUT2D eigenvalue weighted by atomic mass is 10.1. The molecule has 0 fully saturated rings. The van der Waals surface area contributed by atoms with Crippen molar-refractivity contribution in [1.82, 2.24) is 10.2 Å². The highest BCUT2D eigenvalue weighted by Gasteiger charge is 2.17. The molecule has 0 unspecified atom stereocenters. The third-order valence-corrected chi connectivity index (χ3v) is 2.99. The Labute approximate surface area is 121 Å². The lowest BCUT2D eigenvalue weighted by Crippen LogP contribution is -2.00. The molecule has 0 amide bonds. The Balaban J connectivity index is 1.87. The number of carbonyl (C=O) groups excluding carboxylic acids is 1. The van der Waals surface area contributed by atoms with E-state index in [0.717, 1.165) is 11.3 Å². The summed E-state index contributed by atoms with van der Waals surface area (Å²) in [5.41, 5.74) is 1.25. The average molecular weight is 280 g/mol. The SMILES string of the molecule is COc1ccc(-c2nnc(C(=O)c3ccccc3)o2)cc1. The fraction of sp³-hybridized carbons (Fsp3) is 0.0625. The molecule has 0 saturated heterocycles. The van der Waals surface area contributed by atoms with Crippen LogP contribution >= 0.6 is 0 Å². The van der Waals surface area contributed by atoms with Crippen molar-refractivity contribution in [2.24, 2.45) is 0 Å². The molecule has 5 heteroatoms. The summed E-state index contributed by atoms with van der Waals surface area (Å²) in [4.78, 5) is 12.2. The van der Waals surface area contributed by atoms with Crippen molar-refractivity contribution >= 4 is 5.78 Å². The summed E-state index contributed by atoms with van der Waals surface area (Å²) in [6.07, 6.45) is 0. The molecule has 0 bridgehead atoms. The number of ketones is 1. The number of hydrogen-bond acceptors (Lipinski definition) is 5. The predicted octanol–water partition coefficient (Wildman–Crippen LogP) is 2.98. The van der Waals surface area contributed by atoms with E-state index < -0.39 is 0 Å². The molecule has 2 aromatic carbocycles. The third kappa shape index (κ3) is 2.67. The number of rotatable bonds is 4. The molecule has 0 radical (unpaired) electrons. The summed E-state index contributed by atoms with van der Waals surface area (Å²) in [5.74, 6) is 0.727. The van der Waals surface area contributed by atoms with E-state index in [1.54, 1.807) is 55.6 Å². The molecule has 0 atom stereocenters. The van der Waals surface area contributed by atoms with Gasteiger partial charge in [0.15, 0.2) is 0 Å². The molecule has 0 N–H and O–H groups in total. The van der Waals surface area contributed by atoms with Crippen molar-refractivity contribution in [2.75, 3.05) is 7.11 Å².